The van der Waals surface area contributed by atoms with Crippen molar-refractivity contribution in [2.45, 2.75) is 45.3 Å². The average molecular weight is 446 g/mol. The molecule has 0 aliphatic carbocycles. The first kappa shape index (κ1) is 24.2. The molecule has 1 amide bonds. The van der Waals surface area contributed by atoms with Gasteiger partial charge in [0.2, 0.25) is 4.38 Å². The molecule has 0 fully saturated rings. The number of benzene rings is 2. The van der Waals surface area contributed by atoms with Crippen molar-refractivity contribution in [1.29, 1.82) is 0 Å². The Balaban J connectivity index is 2.19. The van der Waals surface area contributed by atoms with Gasteiger partial charge in [0, 0.05) is 0 Å². The van der Waals surface area contributed by atoms with Crippen LogP contribution in [0, 0.1) is 5.92 Å². The van der Waals surface area contributed by atoms with Gasteiger partial charge in [-0.15, -0.1) is 0 Å². The maximum Gasteiger partial charge on any atom is 0.407 e. The zero-order valence-electron chi connectivity index (χ0n) is 17.9. The van der Waals surface area contributed by atoms with E-state index in [0.29, 0.717) is 23.3 Å². The van der Waals surface area contributed by atoms with Crippen LogP contribution in [0.1, 0.15) is 31.4 Å². The molecule has 4 nitrogen and oxygen atoms in total. The van der Waals surface area contributed by atoms with Crippen LogP contribution in [-0.4, -0.2) is 35.5 Å². The lowest BCUT2D eigenvalue weighted by Crippen LogP contribution is -2.47. The lowest BCUT2D eigenvalue weighted by molar-refractivity contribution is 0.105. The van der Waals surface area contributed by atoms with Gasteiger partial charge in [0.1, 0.15) is 6.10 Å². The van der Waals surface area contributed by atoms with E-state index in [-0.39, 0.29) is 12.1 Å². The van der Waals surface area contributed by atoms with Crippen LogP contribution in [0.15, 0.2) is 60.7 Å². The SMILES string of the molecule is CCOC(=O)N[C@@H](Cc1ccccc1)[C@H](C[C@@H](C)Cc1ccccc1)OC(=S)SC. The van der Waals surface area contributed by atoms with Crippen LogP contribution in [0.4, 0.5) is 4.79 Å². The number of rotatable bonds is 10. The first-order valence-electron chi connectivity index (χ1n) is 10.3. The fraction of sp³-hybridized carbons (Fsp3) is 0.417. The Bertz CT molecular complexity index is 771. The van der Waals surface area contributed by atoms with E-state index in [4.69, 9.17) is 21.7 Å². The summed E-state index contributed by atoms with van der Waals surface area (Å²) in [6, 6.07) is 20.2. The molecule has 0 aliphatic rings. The first-order chi connectivity index (χ1) is 14.5. The highest BCUT2D eigenvalue weighted by molar-refractivity contribution is 8.22. The fourth-order valence-electron chi connectivity index (χ4n) is 3.43. The van der Waals surface area contributed by atoms with E-state index in [1.165, 1.54) is 17.3 Å². The minimum atomic E-state index is -0.433. The fourth-order valence-corrected chi connectivity index (χ4v) is 3.77. The van der Waals surface area contributed by atoms with E-state index < -0.39 is 6.09 Å². The quantitative estimate of drug-likeness (QED) is 0.479. The molecule has 30 heavy (non-hydrogen) atoms. The summed E-state index contributed by atoms with van der Waals surface area (Å²) < 4.78 is 11.8. The van der Waals surface area contributed by atoms with Gasteiger partial charge < -0.3 is 14.8 Å². The normalized spacial score (nSPS) is 13.7. The molecule has 2 aromatic carbocycles. The number of carbonyl (C=O) groups excluding carboxylic acids is 1. The van der Waals surface area contributed by atoms with E-state index in [1.54, 1.807) is 6.92 Å². The topological polar surface area (TPSA) is 47.6 Å². The smallest absolute Gasteiger partial charge is 0.407 e. The number of thiocarbonyl (C=S) groups is 1. The van der Waals surface area contributed by atoms with Gasteiger partial charge in [-0.25, -0.2) is 4.79 Å². The Hall–Kier alpha value is -2.05. The van der Waals surface area contributed by atoms with Gasteiger partial charge in [0.05, 0.1) is 12.6 Å². The zero-order valence-corrected chi connectivity index (χ0v) is 19.5. The zero-order chi connectivity index (χ0) is 21.8. The lowest BCUT2D eigenvalue weighted by atomic mass is 9.90. The largest absolute Gasteiger partial charge is 0.473 e. The molecule has 0 saturated heterocycles. The maximum absolute atomic E-state index is 12.3. The minimum Gasteiger partial charge on any atom is -0.473 e. The van der Waals surface area contributed by atoms with E-state index in [2.05, 4.69) is 48.6 Å². The molecule has 0 aromatic heterocycles. The number of ether oxygens (including phenoxy) is 2. The third-order valence-corrected chi connectivity index (χ3v) is 5.83. The number of hydrogen-bond donors (Lipinski definition) is 1. The molecule has 3 atom stereocenters. The number of amides is 1. The highest BCUT2D eigenvalue weighted by Gasteiger charge is 2.28. The highest BCUT2D eigenvalue weighted by Crippen LogP contribution is 2.22. The second-order valence-electron chi connectivity index (χ2n) is 7.30. The number of nitrogens with one attached hydrogen (secondary N) is 1. The summed E-state index contributed by atoms with van der Waals surface area (Å²) in [6.45, 7) is 4.32. The van der Waals surface area contributed by atoms with Gasteiger partial charge in [-0.05, 0) is 61.7 Å². The highest BCUT2D eigenvalue weighted by atomic mass is 32.2. The van der Waals surface area contributed by atoms with Crippen LogP contribution in [0.25, 0.3) is 0 Å². The van der Waals surface area contributed by atoms with Crippen LogP contribution in [-0.2, 0) is 22.3 Å². The second-order valence-corrected chi connectivity index (χ2v) is 8.71. The van der Waals surface area contributed by atoms with Gasteiger partial charge in [-0.3, -0.25) is 0 Å². The van der Waals surface area contributed by atoms with Crippen molar-refractivity contribution in [1.82, 2.24) is 5.32 Å². The van der Waals surface area contributed by atoms with Crippen LogP contribution >= 0.6 is 24.0 Å². The Kier molecular flexibility index (Phi) is 10.7. The van der Waals surface area contributed by atoms with Crippen LogP contribution in [0.2, 0.25) is 0 Å². The molecule has 0 bridgehead atoms. The van der Waals surface area contributed by atoms with E-state index in [0.717, 1.165) is 18.4 Å². The molecule has 0 spiro atoms. The summed E-state index contributed by atoms with van der Waals surface area (Å²) in [5.41, 5.74) is 2.41. The molecule has 2 rings (SSSR count). The van der Waals surface area contributed by atoms with Crippen molar-refractivity contribution in [3.8, 4) is 0 Å². The third-order valence-electron chi connectivity index (χ3n) is 4.80. The summed E-state index contributed by atoms with van der Waals surface area (Å²) in [6.07, 6.45) is 3.55. The van der Waals surface area contributed by atoms with Gasteiger partial charge >= 0.3 is 6.09 Å². The molecule has 0 heterocycles. The first-order valence-corrected chi connectivity index (χ1v) is 11.9. The monoisotopic (exact) mass is 445 g/mol. The molecule has 0 radical (unpaired) electrons. The number of thioether (sulfide) groups is 1. The van der Waals surface area contributed by atoms with Crippen molar-refractivity contribution in [2.24, 2.45) is 5.92 Å². The molecule has 2 aromatic rings. The summed E-state index contributed by atoms with van der Waals surface area (Å²) >= 11 is 6.76. The predicted octanol–water partition coefficient (Wildman–Crippen LogP) is 5.65. The average Bonchev–Trinajstić information content (AvgIpc) is 2.74. The van der Waals surface area contributed by atoms with Crippen molar-refractivity contribution in [3.05, 3.63) is 71.8 Å². The summed E-state index contributed by atoms with van der Waals surface area (Å²) in [4.78, 5) is 12.3. The summed E-state index contributed by atoms with van der Waals surface area (Å²) in [7, 11) is 0. The number of alkyl carbamates (subject to hydrolysis) is 1. The Morgan fingerprint density at radius 3 is 2.13 bits per heavy atom. The van der Waals surface area contributed by atoms with Gasteiger partial charge in [-0.2, -0.15) is 0 Å². The molecule has 6 heteroatoms. The minimum absolute atomic E-state index is 0.255. The summed E-state index contributed by atoms with van der Waals surface area (Å²) in [5, 5.41) is 3.01. The van der Waals surface area contributed by atoms with Crippen molar-refractivity contribution < 1.29 is 14.3 Å². The lowest BCUT2D eigenvalue weighted by Gasteiger charge is -2.30. The predicted molar refractivity (Wildman–Crippen MR) is 129 cm³/mol. The van der Waals surface area contributed by atoms with Crippen molar-refractivity contribution in [3.63, 3.8) is 0 Å². The van der Waals surface area contributed by atoms with Crippen molar-refractivity contribution in [2.75, 3.05) is 12.9 Å². The molecule has 0 unspecified atom stereocenters. The third kappa shape index (κ3) is 8.76. The Labute approximate surface area is 189 Å². The van der Waals surface area contributed by atoms with Crippen LogP contribution < -0.4 is 5.32 Å². The number of hydrogen-bond acceptors (Lipinski definition) is 5. The van der Waals surface area contributed by atoms with Gasteiger partial charge in [0.25, 0.3) is 0 Å². The molecule has 1 N–H and O–H groups in total. The maximum atomic E-state index is 12.3. The Morgan fingerprint density at radius 1 is 1.03 bits per heavy atom. The molecule has 162 valence electrons. The second kappa shape index (κ2) is 13.3. The van der Waals surface area contributed by atoms with Gasteiger partial charge in [0.15, 0.2) is 0 Å². The van der Waals surface area contributed by atoms with Gasteiger partial charge in [-0.1, -0.05) is 79.3 Å². The number of carbonyl (C=O) groups is 1. The molecular weight excluding hydrogens is 414 g/mol. The van der Waals surface area contributed by atoms with E-state index in [9.17, 15) is 4.79 Å². The standard InChI is InChI=1S/C24H31NO3S2/c1-4-27-23(26)25-21(17-20-13-9-6-10-14-20)22(28-24(29)30-3)16-18(2)15-19-11-7-5-8-12-19/h5-14,18,21-22H,4,15-17H2,1-3H3,(H,25,26)/t18-,21-,22-/m0/s1. The molecule has 0 aliphatic heterocycles. The van der Waals surface area contributed by atoms with E-state index in [1.807, 2.05) is 30.5 Å². The van der Waals surface area contributed by atoms with Crippen molar-refractivity contribution >= 4 is 34.5 Å². The van der Waals surface area contributed by atoms with Crippen LogP contribution in [0.5, 0.6) is 0 Å². The Morgan fingerprint density at radius 2 is 1.60 bits per heavy atom. The van der Waals surface area contributed by atoms with E-state index >= 15 is 0 Å². The van der Waals surface area contributed by atoms with Crippen LogP contribution in [0.3, 0.4) is 0 Å². The molecule has 0 saturated carbocycles. The summed E-state index contributed by atoms with van der Waals surface area (Å²) in [5.74, 6) is 0.351. The molecular formula is C24H31NO3S2.